The summed E-state index contributed by atoms with van der Waals surface area (Å²) in [5, 5.41) is 5.91. The molecule has 160 valence electrons. The fourth-order valence-electron chi connectivity index (χ4n) is 5.37. The Morgan fingerprint density at radius 3 is 2.48 bits per heavy atom. The maximum absolute atomic E-state index is 13.0. The van der Waals surface area contributed by atoms with Gasteiger partial charge < -0.3 is 15.4 Å². The Hall–Kier alpha value is -2.67. The minimum absolute atomic E-state index is 0.0358. The quantitative estimate of drug-likeness (QED) is 0.502. The Morgan fingerprint density at radius 2 is 1.77 bits per heavy atom. The van der Waals surface area contributed by atoms with E-state index in [4.69, 9.17) is 4.74 Å². The van der Waals surface area contributed by atoms with E-state index in [1.54, 1.807) is 24.3 Å². The molecule has 2 aromatic carbocycles. The van der Waals surface area contributed by atoms with Crippen molar-refractivity contribution in [3.63, 3.8) is 0 Å². The molecule has 2 aliphatic carbocycles. The predicted molar refractivity (Wildman–Crippen MR) is 119 cm³/mol. The van der Waals surface area contributed by atoms with Crippen molar-refractivity contribution in [2.45, 2.75) is 30.3 Å². The summed E-state index contributed by atoms with van der Waals surface area (Å²) < 4.78 is 5.48. The van der Waals surface area contributed by atoms with Crippen molar-refractivity contribution in [3.8, 4) is 0 Å². The van der Waals surface area contributed by atoms with Gasteiger partial charge in [-0.25, -0.2) is 0 Å². The average molecular weight is 483 g/mol. The number of rotatable bonds is 5. The van der Waals surface area contributed by atoms with Crippen LogP contribution in [0.3, 0.4) is 0 Å². The van der Waals surface area contributed by atoms with E-state index in [2.05, 4.69) is 26.6 Å². The molecule has 1 heterocycles. The van der Waals surface area contributed by atoms with E-state index in [9.17, 15) is 14.4 Å². The number of hydrogen-bond donors (Lipinski definition) is 2. The third-order valence-corrected chi connectivity index (χ3v) is 8.09. The lowest BCUT2D eigenvalue weighted by atomic mass is 9.79. The normalized spacial score (nSPS) is 31.2. The average Bonchev–Trinajstić information content (AvgIpc) is 3.39. The summed E-state index contributed by atoms with van der Waals surface area (Å²) in [6, 6.07) is 16.5. The van der Waals surface area contributed by atoms with Crippen molar-refractivity contribution in [3.05, 3.63) is 65.7 Å². The molecule has 2 aromatic rings. The van der Waals surface area contributed by atoms with E-state index < -0.39 is 0 Å². The van der Waals surface area contributed by atoms with Crippen LogP contribution in [-0.2, 0) is 14.3 Å². The summed E-state index contributed by atoms with van der Waals surface area (Å²) in [6.45, 7) is 1.94. The van der Waals surface area contributed by atoms with Gasteiger partial charge in [0.1, 0.15) is 6.10 Å². The lowest BCUT2D eigenvalue weighted by Crippen LogP contribution is -2.40. The number of carbonyl (C=O) groups is 3. The maximum atomic E-state index is 13.0. The highest BCUT2D eigenvalue weighted by Gasteiger charge is 2.67. The fraction of sp³-hybridized carbons (Fsp3) is 0.375. The largest absolute Gasteiger partial charge is 0.461 e. The molecule has 2 saturated carbocycles. The third kappa shape index (κ3) is 3.45. The molecule has 1 saturated heterocycles. The standard InChI is InChI=1S/C24H23BrN2O4/c1-12(13-5-3-2-4-6-13)26-22(28)14-7-9-15(10-8-14)27-23(29)18-16-11-17-19(18)24(30)31-21(17)20(16)25/h2-10,12,16-21H,11H2,1H3,(H,26,28)(H,27,29)/t12-,16+,17+,18+,19+,20-,21-/m0/s1. The van der Waals surface area contributed by atoms with Crippen LogP contribution in [0.2, 0.25) is 0 Å². The first-order valence-corrected chi connectivity index (χ1v) is 11.5. The van der Waals surface area contributed by atoms with Gasteiger partial charge in [-0.1, -0.05) is 46.3 Å². The number of amides is 2. The zero-order chi connectivity index (χ0) is 21.7. The van der Waals surface area contributed by atoms with Crippen LogP contribution in [0.25, 0.3) is 0 Å². The molecule has 0 aromatic heterocycles. The van der Waals surface area contributed by atoms with Gasteiger partial charge in [-0.15, -0.1) is 0 Å². The fourth-order valence-corrected chi connectivity index (χ4v) is 6.41. The second-order valence-corrected chi connectivity index (χ2v) is 9.69. The van der Waals surface area contributed by atoms with Crippen molar-refractivity contribution in [1.82, 2.24) is 5.32 Å². The molecule has 1 aliphatic heterocycles. The van der Waals surface area contributed by atoms with Crippen molar-refractivity contribution in [2.75, 3.05) is 5.32 Å². The van der Waals surface area contributed by atoms with Gasteiger partial charge in [0, 0.05) is 17.2 Å². The van der Waals surface area contributed by atoms with Crippen LogP contribution >= 0.6 is 15.9 Å². The maximum Gasteiger partial charge on any atom is 0.310 e. The van der Waals surface area contributed by atoms with Crippen LogP contribution in [0, 0.1) is 23.7 Å². The number of esters is 1. The van der Waals surface area contributed by atoms with Crippen LogP contribution in [0.5, 0.6) is 0 Å². The predicted octanol–water partition coefficient (Wildman–Crippen LogP) is 3.69. The van der Waals surface area contributed by atoms with E-state index in [-0.39, 0.29) is 58.4 Å². The number of anilines is 1. The summed E-state index contributed by atoms with van der Waals surface area (Å²) in [5.74, 6) is -1.06. The number of benzene rings is 2. The van der Waals surface area contributed by atoms with Gasteiger partial charge in [0.05, 0.1) is 22.7 Å². The summed E-state index contributed by atoms with van der Waals surface area (Å²) in [6.07, 6.45) is 0.746. The summed E-state index contributed by atoms with van der Waals surface area (Å²) in [5.41, 5.74) is 2.15. The Balaban J connectivity index is 1.23. The lowest BCUT2D eigenvalue weighted by molar-refractivity contribution is -0.145. The molecule has 7 atom stereocenters. The lowest BCUT2D eigenvalue weighted by Gasteiger charge is -2.27. The van der Waals surface area contributed by atoms with Crippen LogP contribution in [0.4, 0.5) is 5.69 Å². The number of hydrogen-bond acceptors (Lipinski definition) is 4. The molecular weight excluding hydrogens is 460 g/mol. The highest BCUT2D eigenvalue weighted by Crippen LogP contribution is 2.60. The molecule has 0 unspecified atom stereocenters. The Morgan fingerprint density at radius 1 is 1.06 bits per heavy atom. The molecule has 3 aliphatic rings. The first-order chi connectivity index (χ1) is 14.9. The van der Waals surface area contributed by atoms with Crippen LogP contribution in [-0.4, -0.2) is 28.7 Å². The molecule has 0 radical (unpaired) electrons. The first-order valence-electron chi connectivity index (χ1n) is 10.6. The van der Waals surface area contributed by atoms with Crippen molar-refractivity contribution >= 4 is 39.4 Å². The van der Waals surface area contributed by atoms with E-state index in [0.717, 1.165) is 12.0 Å². The topological polar surface area (TPSA) is 84.5 Å². The Bertz CT molecular complexity index is 1030. The van der Waals surface area contributed by atoms with E-state index >= 15 is 0 Å². The zero-order valence-electron chi connectivity index (χ0n) is 17.0. The minimum Gasteiger partial charge on any atom is -0.461 e. The number of ether oxygens (including phenoxy) is 1. The zero-order valence-corrected chi connectivity index (χ0v) is 18.5. The highest BCUT2D eigenvalue weighted by atomic mass is 79.9. The van der Waals surface area contributed by atoms with Gasteiger partial charge in [0.25, 0.3) is 5.91 Å². The minimum atomic E-state index is -0.379. The molecule has 5 rings (SSSR count). The van der Waals surface area contributed by atoms with Crippen LogP contribution < -0.4 is 10.6 Å². The second-order valence-electron chi connectivity index (χ2n) is 8.63. The van der Waals surface area contributed by atoms with Crippen molar-refractivity contribution in [2.24, 2.45) is 23.7 Å². The smallest absolute Gasteiger partial charge is 0.310 e. The van der Waals surface area contributed by atoms with Crippen LogP contribution in [0.1, 0.15) is 35.3 Å². The van der Waals surface area contributed by atoms with E-state index in [1.807, 2.05) is 37.3 Å². The molecule has 2 amide bonds. The molecule has 3 fully saturated rings. The van der Waals surface area contributed by atoms with Gasteiger partial charge in [-0.05, 0) is 49.1 Å². The summed E-state index contributed by atoms with van der Waals surface area (Å²) >= 11 is 3.63. The second kappa shape index (κ2) is 7.79. The van der Waals surface area contributed by atoms with Crippen molar-refractivity contribution < 1.29 is 19.1 Å². The summed E-state index contributed by atoms with van der Waals surface area (Å²) in [4.78, 5) is 37.8. The molecule has 7 heteroatoms. The molecule has 6 nitrogen and oxygen atoms in total. The molecular formula is C24H23BrN2O4. The number of nitrogens with one attached hydrogen (secondary N) is 2. The number of halogens is 1. The summed E-state index contributed by atoms with van der Waals surface area (Å²) in [7, 11) is 0. The van der Waals surface area contributed by atoms with E-state index in [1.165, 1.54) is 0 Å². The number of carbonyl (C=O) groups excluding carboxylic acids is 3. The molecule has 2 N–H and O–H groups in total. The monoisotopic (exact) mass is 482 g/mol. The third-order valence-electron chi connectivity index (χ3n) is 6.89. The number of fused-ring (bicyclic) bond motifs is 1. The van der Waals surface area contributed by atoms with Gasteiger partial charge in [0.2, 0.25) is 5.91 Å². The van der Waals surface area contributed by atoms with Gasteiger partial charge in [0.15, 0.2) is 0 Å². The van der Waals surface area contributed by atoms with Gasteiger partial charge in [-0.3, -0.25) is 14.4 Å². The molecule has 31 heavy (non-hydrogen) atoms. The first kappa shape index (κ1) is 20.2. The Kier molecular flexibility index (Phi) is 5.08. The van der Waals surface area contributed by atoms with Gasteiger partial charge in [-0.2, -0.15) is 0 Å². The Labute approximate surface area is 188 Å². The van der Waals surface area contributed by atoms with E-state index in [0.29, 0.717) is 11.3 Å². The van der Waals surface area contributed by atoms with Crippen LogP contribution in [0.15, 0.2) is 54.6 Å². The SMILES string of the molecule is C[C@H](NC(=O)c1ccc(NC(=O)[C@@H]2[C@H]3C[C@H]4[C@H](OC(=O)[C@H]42)[C@H]3Br)cc1)c1ccccc1. The van der Waals surface area contributed by atoms with Crippen molar-refractivity contribution in [1.29, 1.82) is 0 Å². The molecule has 0 spiro atoms. The molecule has 2 bridgehead atoms. The highest BCUT2D eigenvalue weighted by molar-refractivity contribution is 9.09. The van der Waals surface area contributed by atoms with Gasteiger partial charge >= 0.3 is 5.97 Å². The number of alkyl halides is 1.